The summed E-state index contributed by atoms with van der Waals surface area (Å²) in [5.41, 5.74) is 5.63. The predicted molar refractivity (Wildman–Crippen MR) is 70.4 cm³/mol. The van der Waals surface area contributed by atoms with Gasteiger partial charge in [0.15, 0.2) is 0 Å². The van der Waals surface area contributed by atoms with Crippen LogP contribution in [0, 0.1) is 12.3 Å². The number of carbonyl (C=O) groups excluding carboxylic acids is 1. The van der Waals surface area contributed by atoms with Crippen molar-refractivity contribution in [2.75, 3.05) is 0 Å². The number of thiazole rings is 1. The Morgan fingerprint density at radius 2 is 2.21 bits per heavy atom. The SMILES string of the molecule is C#CC(OC(N)=O)c1sc(-c2cncnc2)nc1Cl. The molecule has 0 saturated carbocycles. The minimum absolute atomic E-state index is 0.160. The molecule has 2 N–H and O–H groups in total. The van der Waals surface area contributed by atoms with Gasteiger partial charge in [-0.1, -0.05) is 17.5 Å². The number of hydrogen-bond donors (Lipinski definition) is 1. The Morgan fingerprint density at radius 3 is 2.79 bits per heavy atom. The lowest BCUT2D eigenvalue weighted by Crippen LogP contribution is -2.16. The summed E-state index contributed by atoms with van der Waals surface area (Å²) in [6, 6.07) is 0. The van der Waals surface area contributed by atoms with Crippen molar-refractivity contribution in [2.24, 2.45) is 5.73 Å². The Kier molecular flexibility index (Phi) is 3.94. The third-order valence-electron chi connectivity index (χ3n) is 2.04. The van der Waals surface area contributed by atoms with Gasteiger partial charge in [-0.2, -0.15) is 0 Å². The predicted octanol–water partition coefficient (Wildman–Crippen LogP) is 2.02. The van der Waals surface area contributed by atoms with Crippen LogP contribution in [0.5, 0.6) is 0 Å². The molecule has 0 aliphatic rings. The van der Waals surface area contributed by atoms with E-state index >= 15 is 0 Å². The Balaban J connectivity index is 2.36. The van der Waals surface area contributed by atoms with E-state index in [-0.39, 0.29) is 5.15 Å². The molecule has 0 aromatic carbocycles. The van der Waals surface area contributed by atoms with E-state index in [0.717, 1.165) is 0 Å². The molecule has 8 heteroatoms. The van der Waals surface area contributed by atoms with E-state index in [1.807, 2.05) is 0 Å². The monoisotopic (exact) mass is 294 g/mol. The molecule has 6 nitrogen and oxygen atoms in total. The van der Waals surface area contributed by atoms with Crippen LogP contribution in [0.15, 0.2) is 18.7 Å². The van der Waals surface area contributed by atoms with Gasteiger partial charge in [0, 0.05) is 18.0 Å². The first-order chi connectivity index (χ1) is 9.11. The van der Waals surface area contributed by atoms with Gasteiger partial charge in [0.05, 0.1) is 4.88 Å². The maximum atomic E-state index is 10.8. The van der Waals surface area contributed by atoms with E-state index < -0.39 is 12.2 Å². The van der Waals surface area contributed by atoms with Gasteiger partial charge in [-0.25, -0.2) is 19.7 Å². The number of nitrogens with two attached hydrogens (primary N) is 1. The smallest absolute Gasteiger partial charge is 0.406 e. The molecule has 2 aromatic rings. The third kappa shape index (κ3) is 2.99. The van der Waals surface area contributed by atoms with Crippen LogP contribution in [-0.2, 0) is 4.74 Å². The van der Waals surface area contributed by atoms with Crippen molar-refractivity contribution in [1.82, 2.24) is 15.0 Å². The van der Waals surface area contributed by atoms with Crippen LogP contribution >= 0.6 is 22.9 Å². The molecule has 2 rings (SSSR count). The fourth-order valence-corrected chi connectivity index (χ4v) is 2.56. The highest BCUT2D eigenvalue weighted by Crippen LogP contribution is 2.35. The molecular weight excluding hydrogens is 288 g/mol. The second kappa shape index (κ2) is 5.65. The van der Waals surface area contributed by atoms with Crippen molar-refractivity contribution in [3.05, 3.63) is 28.8 Å². The summed E-state index contributed by atoms with van der Waals surface area (Å²) in [5, 5.41) is 0.738. The summed E-state index contributed by atoms with van der Waals surface area (Å²) in [4.78, 5) is 23.1. The van der Waals surface area contributed by atoms with Crippen molar-refractivity contribution in [3.63, 3.8) is 0 Å². The minimum Gasteiger partial charge on any atom is -0.427 e. The number of terminal acetylenes is 1. The molecule has 1 unspecified atom stereocenters. The van der Waals surface area contributed by atoms with Gasteiger partial charge in [0.2, 0.25) is 6.10 Å². The molecule has 0 spiro atoms. The van der Waals surface area contributed by atoms with Gasteiger partial charge in [-0.05, 0) is 0 Å². The molecule has 96 valence electrons. The van der Waals surface area contributed by atoms with Crippen molar-refractivity contribution >= 4 is 29.0 Å². The zero-order valence-corrected chi connectivity index (χ0v) is 11.0. The normalized spacial score (nSPS) is 11.6. The first-order valence-corrected chi connectivity index (χ1v) is 6.15. The number of amides is 1. The Labute approximate surface area is 117 Å². The molecule has 0 aliphatic heterocycles. The number of hydrogen-bond acceptors (Lipinski definition) is 6. The quantitative estimate of drug-likeness (QED) is 0.875. The molecule has 0 bridgehead atoms. The molecular formula is C11H7ClN4O2S. The lowest BCUT2D eigenvalue weighted by atomic mass is 10.3. The largest absolute Gasteiger partial charge is 0.427 e. The van der Waals surface area contributed by atoms with Crippen LogP contribution in [0.4, 0.5) is 4.79 Å². The summed E-state index contributed by atoms with van der Waals surface area (Å²) >= 11 is 7.17. The fraction of sp³-hybridized carbons (Fsp3) is 0.0909. The lowest BCUT2D eigenvalue weighted by Gasteiger charge is -2.07. The standard InChI is InChI=1S/C11H7ClN4O2S/c1-2-7(18-11(13)17)8-9(12)16-10(19-8)6-3-14-5-15-4-6/h1,3-5,7H,(H2,13,17). The molecule has 0 aliphatic carbocycles. The van der Waals surface area contributed by atoms with E-state index in [9.17, 15) is 4.79 Å². The van der Waals surface area contributed by atoms with Crippen LogP contribution in [0.1, 0.15) is 11.0 Å². The van der Waals surface area contributed by atoms with Crippen LogP contribution in [-0.4, -0.2) is 21.0 Å². The number of halogens is 1. The van der Waals surface area contributed by atoms with Crippen molar-refractivity contribution in [2.45, 2.75) is 6.10 Å². The summed E-state index contributed by atoms with van der Waals surface area (Å²) in [6.07, 6.45) is 7.93. The van der Waals surface area contributed by atoms with E-state index in [1.54, 1.807) is 12.4 Å². The van der Waals surface area contributed by atoms with Crippen molar-refractivity contribution in [3.8, 4) is 22.9 Å². The van der Waals surface area contributed by atoms with Crippen LogP contribution in [0.2, 0.25) is 5.15 Å². The lowest BCUT2D eigenvalue weighted by molar-refractivity contribution is 0.135. The number of rotatable bonds is 3. The highest BCUT2D eigenvalue weighted by molar-refractivity contribution is 7.15. The Hall–Kier alpha value is -2.17. The van der Waals surface area contributed by atoms with Crippen LogP contribution < -0.4 is 5.73 Å². The van der Waals surface area contributed by atoms with Gasteiger partial charge < -0.3 is 10.5 Å². The van der Waals surface area contributed by atoms with E-state index in [1.165, 1.54) is 17.7 Å². The molecule has 19 heavy (non-hydrogen) atoms. The maximum Gasteiger partial charge on any atom is 0.406 e. The number of ether oxygens (including phenoxy) is 1. The topological polar surface area (TPSA) is 91.0 Å². The molecule has 2 heterocycles. The van der Waals surface area contributed by atoms with Crippen LogP contribution in [0.25, 0.3) is 10.6 Å². The maximum absolute atomic E-state index is 10.8. The molecule has 1 atom stereocenters. The number of aromatic nitrogens is 3. The second-order valence-electron chi connectivity index (χ2n) is 3.28. The Bertz CT molecular complexity index is 638. The highest BCUT2D eigenvalue weighted by Gasteiger charge is 2.21. The molecule has 0 saturated heterocycles. The number of nitrogens with zero attached hydrogens (tertiary/aromatic N) is 3. The Morgan fingerprint density at radius 1 is 1.53 bits per heavy atom. The summed E-state index contributed by atoms with van der Waals surface area (Å²) in [5.74, 6) is 2.29. The summed E-state index contributed by atoms with van der Waals surface area (Å²) in [7, 11) is 0. The van der Waals surface area contributed by atoms with E-state index in [0.29, 0.717) is 15.4 Å². The number of primary amides is 1. The average Bonchev–Trinajstić information content (AvgIpc) is 2.79. The molecule has 0 fully saturated rings. The van der Waals surface area contributed by atoms with Crippen molar-refractivity contribution in [1.29, 1.82) is 0 Å². The van der Waals surface area contributed by atoms with Gasteiger partial charge >= 0.3 is 6.09 Å². The van der Waals surface area contributed by atoms with Crippen LogP contribution in [0.3, 0.4) is 0 Å². The minimum atomic E-state index is -0.975. The second-order valence-corrected chi connectivity index (χ2v) is 4.67. The highest BCUT2D eigenvalue weighted by atomic mass is 35.5. The fourth-order valence-electron chi connectivity index (χ4n) is 1.29. The van der Waals surface area contributed by atoms with Gasteiger partial charge in [0.25, 0.3) is 0 Å². The molecule has 0 radical (unpaired) electrons. The van der Waals surface area contributed by atoms with Gasteiger partial charge in [-0.15, -0.1) is 17.8 Å². The summed E-state index contributed by atoms with van der Waals surface area (Å²) < 4.78 is 4.77. The zero-order chi connectivity index (χ0) is 13.8. The van der Waals surface area contributed by atoms with E-state index in [4.69, 9.17) is 28.5 Å². The van der Waals surface area contributed by atoms with E-state index in [2.05, 4.69) is 20.9 Å². The molecule has 1 amide bonds. The summed E-state index contributed by atoms with van der Waals surface area (Å²) in [6.45, 7) is 0. The molecule has 2 aromatic heterocycles. The third-order valence-corrected chi connectivity index (χ3v) is 3.59. The average molecular weight is 295 g/mol. The number of carbonyl (C=O) groups is 1. The first kappa shape index (κ1) is 13.3. The van der Waals surface area contributed by atoms with Gasteiger partial charge in [-0.3, -0.25) is 0 Å². The van der Waals surface area contributed by atoms with Crippen molar-refractivity contribution < 1.29 is 9.53 Å². The van der Waals surface area contributed by atoms with Gasteiger partial charge in [0.1, 0.15) is 16.5 Å². The first-order valence-electron chi connectivity index (χ1n) is 4.95. The zero-order valence-electron chi connectivity index (χ0n) is 9.41.